The number of aromatic nitrogens is 1. The van der Waals surface area contributed by atoms with Crippen molar-refractivity contribution in [1.82, 2.24) is 15.2 Å². The van der Waals surface area contributed by atoms with Gasteiger partial charge in [-0.05, 0) is 37.6 Å². The number of carbonyl (C=O) groups is 1. The molecule has 0 spiro atoms. The lowest BCUT2D eigenvalue weighted by molar-refractivity contribution is -0.122. The van der Waals surface area contributed by atoms with Crippen LogP contribution in [-0.4, -0.2) is 42.5 Å². The highest BCUT2D eigenvalue weighted by molar-refractivity contribution is 7.09. The molecular weight excluding hydrogens is 382 g/mol. The number of nitrogens with zero attached hydrogens (tertiary/aromatic N) is 2. The maximum atomic E-state index is 12.6. The molecule has 0 aliphatic rings. The Bertz CT molecular complexity index is 884. The molecule has 2 aromatic carbocycles. The van der Waals surface area contributed by atoms with Gasteiger partial charge in [0.05, 0.1) is 13.2 Å². The van der Waals surface area contributed by atoms with Crippen molar-refractivity contribution in [2.45, 2.75) is 19.4 Å². The van der Waals surface area contributed by atoms with Gasteiger partial charge in [-0.2, -0.15) is 0 Å². The van der Waals surface area contributed by atoms with E-state index < -0.39 is 0 Å². The van der Waals surface area contributed by atoms with E-state index >= 15 is 0 Å². The molecule has 0 saturated heterocycles. The Hall–Kier alpha value is -2.70. The van der Waals surface area contributed by atoms with Crippen LogP contribution in [0.1, 0.15) is 28.6 Å². The number of ether oxygens (including phenoxy) is 1. The molecule has 29 heavy (non-hydrogen) atoms. The largest absolute Gasteiger partial charge is 0.493 e. The zero-order chi connectivity index (χ0) is 20.5. The summed E-state index contributed by atoms with van der Waals surface area (Å²) in [5.74, 6) is 0.901. The highest BCUT2D eigenvalue weighted by Gasteiger charge is 2.19. The minimum atomic E-state index is -0.221. The van der Waals surface area contributed by atoms with E-state index in [4.69, 9.17) is 4.74 Å². The molecule has 0 bridgehead atoms. The normalized spacial score (nSPS) is 12.0. The molecule has 0 aliphatic carbocycles. The standard InChI is InChI=1S/C23H27N3O2S/c1-18-9-6-7-12-20(18)28-15-8-14-26(2)17-21(27)25-22(23-24-13-16-29-23)19-10-4-3-5-11-19/h3-7,9-13,16,22H,8,14-15,17H2,1-2H3,(H,25,27). The number of thiazole rings is 1. The van der Waals surface area contributed by atoms with Gasteiger partial charge in [-0.1, -0.05) is 48.5 Å². The van der Waals surface area contributed by atoms with Crippen molar-refractivity contribution in [1.29, 1.82) is 0 Å². The Kier molecular flexibility index (Phi) is 7.78. The van der Waals surface area contributed by atoms with Crippen molar-refractivity contribution < 1.29 is 9.53 Å². The van der Waals surface area contributed by atoms with Gasteiger partial charge < -0.3 is 10.1 Å². The number of carbonyl (C=O) groups excluding carboxylic acids is 1. The molecular formula is C23H27N3O2S. The maximum Gasteiger partial charge on any atom is 0.234 e. The smallest absolute Gasteiger partial charge is 0.234 e. The lowest BCUT2D eigenvalue weighted by atomic mass is 10.1. The van der Waals surface area contributed by atoms with Crippen molar-refractivity contribution >= 4 is 17.2 Å². The molecule has 152 valence electrons. The van der Waals surface area contributed by atoms with Crippen LogP contribution in [0.25, 0.3) is 0 Å². The number of likely N-dealkylation sites (N-methyl/N-ethyl adjacent to an activating group) is 1. The van der Waals surface area contributed by atoms with Crippen LogP contribution in [0, 0.1) is 6.92 Å². The summed E-state index contributed by atoms with van der Waals surface area (Å²) in [7, 11) is 1.95. The zero-order valence-electron chi connectivity index (χ0n) is 16.9. The van der Waals surface area contributed by atoms with Crippen molar-refractivity contribution in [3.63, 3.8) is 0 Å². The van der Waals surface area contributed by atoms with E-state index in [2.05, 4.69) is 10.3 Å². The van der Waals surface area contributed by atoms with E-state index in [0.29, 0.717) is 13.2 Å². The van der Waals surface area contributed by atoms with Gasteiger partial charge in [0.15, 0.2) is 0 Å². The minimum Gasteiger partial charge on any atom is -0.493 e. The average molecular weight is 410 g/mol. The molecule has 5 nitrogen and oxygen atoms in total. The lowest BCUT2D eigenvalue weighted by Crippen LogP contribution is -2.38. The van der Waals surface area contributed by atoms with Crippen molar-refractivity contribution in [2.24, 2.45) is 0 Å². The quantitative estimate of drug-likeness (QED) is 0.513. The monoisotopic (exact) mass is 409 g/mol. The summed E-state index contributed by atoms with van der Waals surface area (Å²) < 4.78 is 5.83. The number of benzene rings is 2. The van der Waals surface area contributed by atoms with E-state index in [9.17, 15) is 4.79 Å². The first-order valence-corrected chi connectivity index (χ1v) is 10.6. The first-order chi connectivity index (χ1) is 14.1. The Morgan fingerprint density at radius 3 is 2.66 bits per heavy atom. The van der Waals surface area contributed by atoms with Crippen LogP contribution in [0.4, 0.5) is 0 Å². The van der Waals surface area contributed by atoms with Gasteiger partial charge in [-0.15, -0.1) is 11.3 Å². The van der Waals surface area contributed by atoms with E-state index in [1.807, 2.05) is 78.8 Å². The summed E-state index contributed by atoms with van der Waals surface area (Å²) >= 11 is 1.55. The van der Waals surface area contributed by atoms with Gasteiger partial charge in [0.2, 0.25) is 5.91 Å². The fourth-order valence-electron chi connectivity index (χ4n) is 3.08. The second kappa shape index (κ2) is 10.7. The number of hydrogen-bond donors (Lipinski definition) is 1. The highest BCUT2D eigenvalue weighted by Crippen LogP contribution is 2.23. The predicted octanol–water partition coefficient (Wildman–Crippen LogP) is 4.06. The second-order valence-electron chi connectivity index (χ2n) is 6.99. The third kappa shape index (κ3) is 6.41. The molecule has 1 unspecified atom stereocenters. The Labute approximate surface area is 176 Å². The van der Waals surface area contributed by atoms with E-state index in [0.717, 1.165) is 34.8 Å². The van der Waals surface area contributed by atoms with Crippen LogP contribution in [0.2, 0.25) is 0 Å². The summed E-state index contributed by atoms with van der Waals surface area (Å²) in [6.45, 7) is 3.78. The van der Waals surface area contributed by atoms with Gasteiger partial charge in [0.25, 0.3) is 0 Å². The molecule has 1 aromatic heterocycles. The number of para-hydroxylation sites is 1. The van der Waals surface area contributed by atoms with Gasteiger partial charge in [0.1, 0.15) is 16.8 Å². The number of aryl methyl sites for hydroxylation is 1. The summed E-state index contributed by atoms with van der Waals surface area (Å²) in [5.41, 5.74) is 2.17. The molecule has 0 radical (unpaired) electrons. The second-order valence-corrected chi connectivity index (χ2v) is 7.91. The molecule has 1 atom stereocenters. The fraction of sp³-hybridized carbons (Fsp3) is 0.304. The molecule has 3 rings (SSSR count). The van der Waals surface area contributed by atoms with Crippen LogP contribution in [-0.2, 0) is 4.79 Å². The van der Waals surface area contributed by atoms with Crippen molar-refractivity contribution in [3.8, 4) is 5.75 Å². The predicted molar refractivity (Wildman–Crippen MR) is 117 cm³/mol. The van der Waals surface area contributed by atoms with Gasteiger partial charge in [0, 0.05) is 18.1 Å². The first kappa shape index (κ1) is 21.0. The summed E-state index contributed by atoms with van der Waals surface area (Å²) in [6.07, 6.45) is 2.62. The molecule has 3 aromatic rings. The Morgan fingerprint density at radius 1 is 1.17 bits per heavy atom. The van der Waals surface area contributed by atoms with Crippen LogP contribution < -0.4 is 10.1 Å². The van der Waals surface area contributed by atoms with Gasteiger partial charge in [-0.3, -0.25) is 9.69 Å². The third-order valence-corrected chi connectivity index (χ3v) is 5.43. The fourth-order valence-corrected chi connectivity index (χ4v) is 3.79. The number of hydrogen-bond acceptors (Lipinski definition) is 5. The van der Waals surface area contributed by atoms with E-state index in [1.54, 1.807) is 17.5 Å². The number of rotatable bonds is 10. The molecule has 0 fully saturated rings. The third-order valence-electron chi connectivity index (χ3n) is 4.59. The molecule has 1 N–H and O–H groups in total. The number of nitrogens with one attached hydrogen (secondary N) is 1. The first-order valence-electron chi connectivity index (χ1n) is 9.74. The molecule has 6 heteroatoms. The summed E-state index contributed by atoms with van der Waals surface area (Å²) in [5, 5.41) is 5.94. The zero-order valence-corrected chi connectivity index (χ0v) is 17.7. The number of amides is 1. The highest BCUT2D eigenvalue weighted by atomic mass is 32.1. The van der Waals surface area contributed by atoms with Gasteiger partial charge >= 0.3 is 0 Å². The Morgan fingerprint density at radius 2 is 1.93 bits per heavy atom. The SMILES string of the molecule is Cc1ccccc1OCCCN(C)CC(=O)NC(c1ccccc1)c1nccs1. The molecule has 0 saturated carbocycles. The van der Waals surface area contributed by atoms with E-state index in [1.165, 1.54) is 0 Å². The van der Waals surface area contributed by atoms with Crippen LogP contribution in [0.3, 0.4) is 0 Å². The van der Waals surface area contributed by atoms with Crippen LogP contribution in [0.5, 0.6) is 5.75 Å². The topological polar surface area (TPSA) is 54.5 Å². The Balaban J connectivity index is 1.46. The molecule has 0 aliphatic heterocycles. The van der Waals surface area contributed by atoms with Gasteiger partial charge in [-0.25, -0.2) is 4.98 Å². The van der Waals surface area contributed by atoms with Crippen molar-refractivity contribution in [3.05, 3.63) is 82.3 Å². The van der Waals surface area contributed by atoms with Crippen molar-refractivity contribution in [2.75, 3.05) is 26.7 Å². The average Bonchev–Trinajstić information content (AvgIpc) is 3.26. The van der Waals surface area contributed by atoms with E-state index in [-0.39, 0.29) is 11.9 Å². The van der Waals surface area contributed by atoms with Crippen LogP contribution in [0.15, 0.2) is 66.2 Å². The van der Waals surface area contributed by atoms with Crippen LogP contribution >= 0.6 is 11.3 Å². The molecule has 1 heterocycles. The summed E-state index contributed by atoms with van der Waals surface area (Å²) in [6, 6.07) is 17.7. The lowest BCUT2D eigenvalue weighted by Gasteiger charge is -2.20. The maximum absolute atomic E-state index is 12.6. The minimum absolute atomic E-state index is 0.0172. The molecule has 1 amide bonds. The summed E-state index contributed by atoms with van der Waals surface area (Å²) in [4.78, 5) is 19.0.